The van der Waals surface area contributed by atoms with Gasteiger partial charge in [-0.1, -0.05) is 24.3 Å². The highest BCUT2D eigenvalue weighted by atomic mass is 16.6. The van der Waals surface area contributed by atoms with Gasteiger partial charge in [0.1, 0.15) is 6.10 Å². The van der Waals surface area contributed by atoms with Crippen molar-refractivity contribution >= 4 is 24.0 Å². The lowest BCUT2D eigenvalue weighted by Crippen LogP contribution is -2.48. The molecule has 0 radical (unpaired) electrons. The van der Waals surface area contributed by atoms with E-state index in [0.717, 1.165) is 42.5 Å². The lowest BCUT2D eigenvalue weighted by Gasteiger charge is -2.47. The van der Waals surface area contributed by atoms with Crippen LogP contribution in [0.1, 0.15) is 55.6 Å². The summed E-state index contributed by atoms with van der Waals surface area (Å²) in [7, 11) is 0. The van der Waals surface area contributed by atoms with E-state index in [0.29, 0.717) is 24.0 Å². The Hall–Kier alpha value is -3.68. The van der Waals surface area contributed by atoms with Crippen molar-refractivity contribution in [3.8, 4) is 11.1 Å². The van der Waals surface area contributed by atoms with E-state index < -0.39 is 5.91 Å². The molecule has 7 atom stereocenters. The fraction of sp³-hybridized carbons (Fsp3) is 0.467. The Morgan fingerprint density at radius 3 is 2.76 bits per heavy atom. The van der Waals surface area contributed by atoms with E-state index in [1.165, 1.54) is 0 Å². The predicted molar refractivity (Wildman–Crippen MR) is 143 cm³/mol. The summed E-state index contributed by atoms with van der Waals surface area (Å²) in [6.07, 6.45) is 9.09. The average molecular weight is 518 g/mol. The highest BCUT2D eigenvalue weighted by molar-refractivity contribution is 5.94. The number of fused-ring (bicyclic) bond motifs is 2. The van der Waals surface area contributed by atoms with Gasteiger partial charge in [0.25, 0.3) is 0 Å². The number of carbonyl (C=O) groups is 3. The van der Waals surface area contributed by atoms with Crippen LogP contribution in [0, 0.1) is 29.6 Å². The van der Waals surface area contributed by atoms with Crippen LogP contribution < -0.4 is 11.1 Å². The highest BCUT2D eigenvalue weighted by Gasteiger charge is 2.54. The number of hydrogen-bond acceptors (Lipinski definition) is 6. The van der Waals surface area contributed by atoms with Gasteiger partial charge in [-0.3, -0.25) is 14.6 Å². The number of benzene rings is 1. The van der Waals surface area contributed by atoms with Crippen LogP contribution in [-0.2, 0) is 14.3 Å². The molecule has 2 aromatic rings. The van der Waals surface area contributed by atoms with Crippen molar-refractivity contribution in [3.05, 3.63) is 59.9 Å². The molecule has 3 N–H and O–H groups in total. The minimum atomic E-state index is -0.460. The van der Waals surface area contributed by atoms with E-state index in [4.69, 9.17) is 15.2 Å². The zero-order valence-corrected chi connectivity index (χ0v) is 21.8. The van der Waals surface area contributed by atoms with Crippen LogP contribution >= 0.6 is 0 Å². The van der Waals surface area contributed by atoms with Crippen molar-refractivity contribution in [1.82, 2.24) is 10.3 Å². The van der Waals surface area contributed by atoms with Crippen molar-refractivity contribution in [2.24, 2.45) is 35.3 Å². The Balaban J connectivity index is 1.34. The van der Waals surface area contributed by atoms with E-state index in [-0.39, 0.29) is 42.0 Å². The third kappa shape index (κ3) is 5.30. The monoisotopic (exact) mass is 517 g/mol. The first-order chi connectivity index (χ1) is 18.3. The number of alkyl carbamates (subject to hydrolysis) is 1. The molecule has 1 aromatic carbocycles. The second-order valence-corrected chi connectivity index (χ2v) is 10.7. The van der Waals surface area contributed by atoms with E-state index >= 15 is 0 Å². The van der Waals surface area contributed by atoms with Crippen molar-refractivity contribution in [1.29, 1.82) is 0 Å². The van der Waals surface area contributed by atoms with Crippen molar-refractivity contribution in [3.63, 3.8) is 0 Å². The second-order valence-electron chi connectivity index (χ2n) is 10.7. The number of primary amides is 1. The summed E-state index contributed by atoms with van der Waals surface area (Å²) >= 11 is 0. The maximum absolute atomic E-state index is 12.7. The molecule has 0 bridgehead atoms. The molecular weight excluding hydrogens is 482 g/mol. The molecular formula is C30H35N3O5. The molecule has 3 aliphatic rings. The van der Waals surface area contributed by atoms with Gasteiger partial charge in [0.15, 0.2) is 0 Å². The molecule has 2 heterocycles. The third-order valence-corrected chi connectivity index (χ3v) is 8.50. The summed E-state index contributed by atoms with van der Waals surface area (Å²) in [4.78, 5) is 40.9. The predicted octanol–water partition coefficient (Wildman–Crippen LogP) is 4.59. The Morgan fingerprint density at radius 1 is 1.18 bits per heavy atom. The number of rotatable bonds is 6. The molecule has 2 aliphatic carbocycles. The number of amides is 2. The second kappa shape index (κ2) is 11.0. The van der Waals surface area contributed by atoms with Crippen LogP contribution in [0.2, 0.25) is 0 Å². The van der Waals surface area contributed by atoms with Crippen LogP contribution in [0.5, 0.6) is 0 Å². The molecule has 2 saturated carbocycles. The summed E-state index contributed by atoms with van der Waals surface area (Å²) in [6.45, 7) is 4.15. The van der Waals surface area contributed by atoms with Crippen LogP contribution in [0.3, 0.4) is 0 Å². The topological polar surface area (TPSA) is 121 Å². The van der Waals surface area contributed by atoms with E-state index in [1.54, 1.807) is 25.3 Å². The van der Waals surface area contributed by atoms with E-state index in [9.17, 15) is 14.4 Å². The van der Waals surface area contributed by atoms with Gasteiger partial charge in [0, 0.05) is 29.3 Å². The summed E-state index contributed by atoms with van der Waals surface area (Å²) in [5, 5.41) is 3.00. The van der Waals surface area contributed by atoms with Gasteiger partial charge in [-0.25, -0.2) is 4.79 Å². The smallest absolute Gasteiger partial charge is 0.407 e. The molecule has 3 fully saturated rings. The first-order valence-corrected chi connectivity index (χ1v) is 13.5. The van der Waals surface area contributed by atoms with Gasteiger partial charge in [-0.15, -0.1) is 0 Å². The molecule has 8 nitrogen and oxygen atoms in total. The maximum Gasteiger partial charge on any atom is 0.407 e. The molecule has 1 saturated heterocycles. The van der Waals surface area contributed by atoms with Crippen molar-refractivity contribution in [2.75, 3.05) is 6.61 Å². The number of nitrogens with two attached hydrogens (primary N) is 1. The van der Waals surface area contributed by atoms with Gasteiger partial charge < -0.3 is 20.5 Å². The van der Waals surface area contributed by atoms with Crippen molar-refractivity contribution in [2.45, 2.75) is 51.7 Å². The number of cyclic esters (lactones) is 1. The maximum atomic E-state index is 12.7. The SMILES string of the molecule is CCOC(=O)N[C@@H]1CC[C@@H]2[C@@H](C1)C[C@H]1C(=O)O[C@H](C)[C@H]1[C@H]2/C=C/c1ccc(-c2cccc(C(N)=O)c2)cn1. The van der Waals surface area contributed by atoms with Crippen LogP contribution in [-0.4, -0.2) is 41.7 Å². The molecule has 2 amide bonds. The third-order valence-electron chi connectivity index (χ3n) is 8.50. The van der Waals surface area contributed by atoms with Gasteiger partial charge >= 0.3 is 12.1 Å². The van der Waals surface area contributed by atoms with Gasteiger partial charge in [-0.2, -0.15) is 0 Å². The molecule has 200 valence electrons. The first kappa shape index (κ1) is 25.9. The van der Waals surface area contributed by atoms with E-state index in [2.05, 4.69) is 16.4 Å². The quantitative estimate of drug-likeness (QED) is 0.541. The minimum absolute atomic E-state index is 0.0635. The van der Waals surface area contributed by atoms with Gasteiger partial charge in [-0.05, 0) is 87.1 Å². The zero-order valence-electron chi connectivity index (χ0n) is 21.8. The number of aromatic nitrogens is 1. The Morgan fingerprint density at radius 2 is 2.03 bits per heavy atom. The number of pyridine rings is 1. The standard InChI is InChI=1S/C30H35N3O5/c1-3-37-30(36)33-23-10-11-24-21(14-23)15-26-27(17(2)38-29(26)35)25(24)12-9-22-8-7-20(16-32-22)18-5-4-6-19(13-18)28(31)34/h4-9,12-13,16-17,21,23-27H,3,10-11,14-15H2,1-2H3,(H2,31,34)(H,33,36)/b12-9+/t17-,21+,23-,24-,25+,26-,27+/m1/s1. The van der Waals surface area contributed by atoms with Crippen LogP contribution in [0.4, 0.5) is 4.79 Å². The molecule has 1 aliphatic heterocycles. The first-order valence-electron chi connectivity index (χ1n) is 13.5. The highest BCUT2D eigenvalue weighted by Crippen LogP contribution is 2.53. The number of nitrogens with one attached hydrogen (secondary N) is 1. The van der Waals surface area contributed by atoms with Gasteiger partial charge in [0.05, 0.1) is 18.2 Å². The number of carbonyl (C=O) groups excluding carboxylic acids is 3. The molecule has 0 spiro atoms. The number of ether oxygens (including phenoxy) is 2. The number of hydrogen-bond donors (Lipinski definition) is 2. The number of allylic oxidation sites excluding steroid dienone is 1. The number of nitrogens with zero attached hydrogens (tertiary/aromatic N) is 1. The Kier molecular flexibility index (Phi) is 7.49. The fourth-order valence-corrected chi connectivity index (χ4v) is 6.82. The Bertz CT molecular complexity index is 1230. The number of esters is 1. The lowest BCUT2D eigenvalue weighted by molar-refractivity contribution is -0.144. The van der Waals surface area contributed by atoms with Crippen LogP contribution in [0.25, 0.3) is 17.2 Å². The lowest BCUT2D eigenvalue weighted by atomic mass is 9.57. The van der Waals surface area contributed by atoms with Crippen molar-refractivity contribution < 1.29 is 23.9 Å². The largest absolute Gasteiger partial charge is 0.462 e. The summed E-state index contributed by atoms with van der Waals surface area (Å²) in [5.74, 6) is 0.411. The fourth-order valence-electron chi connectivity index (χ4n) is 6.82. The average Bonchev–Trinajstić information content (AvgIpc) is 3.19. The van der Waals surface area contributed by atoms with Crippen LogP contribution in [0.15, 0.2) is 48.7 Å². The zero-order chi connectivity index (χ0) is 26.8. The molecule has 8 heteroatoms. The molecule has 38 heavy (non-hydrogen) atoms. The van der Waals surface area contributed by atoms with Gasteiger partial charge in [0.2, 0.25) is 5.91 Å². The summed E-state index contributed by atoms with van der Waals surface area (Å²) < 4.78 is 10.8. The Labute approximate surface area is 223 Å². The minimum Gasteiger partial charge on any atom is -0.462 e. The molecule has 1 aromatic heterocycles. The molecule has 0 unspecified atom stereocenters. The van der Waals surface area contributed by atoms with E-state index in [1.807, 2.05) is 37.3 Å². The summed E-state index contributed by atoms with van der Waals surface area (Å²) in [5.41, 5.74) is 8.49. The molecule has 5 rings (SSSR count). The normalized spacial score (nSPS) is 30.3. The summed E-state index contributed by atoms with van der Waals surface area (Å²) in [6, 6.07) is 11.2.